The molecule has 28 heavy (non-hydrogen) atoms. The minimum atomic E-state index is -0.263. The number of cyclic esters (lactones) is 1. The lowest BCUT2D eigenvalue weighted by Gasteiger charge is -2.14. The van der Waals surface area contributed by atoms with Crippen molar-refractivity contribution in [3.05, 3.63) is 47.1 Å². The largest absolute Gasteiger partial charge is 0.427 e. The van der Waals surface area contributed by atoms with Gasteiger partial charge in [-0.15, -0.1) is 0 Å². The van der Waals surface area contributed by atoms with Crippen LogP contribution in [0.5, 0.6) is 5.75 Å². The third-order valence-electron chi connectivity index (χ3n) is 5.37. The molecule has 1 heterocycles. The summed E-state index contributed by atoms with van der Waals surface area (Å²) in [5, 5.41) is 0. The molecule has 0 atom stereocenters. The minimum absolute atomic E-state index is 0.212. The second kappa shape index (κ2) is 10.3. The molecule has 3 rings (SSSR count). The molecule has 4 nitrogen and oxygen atoms in total. The number of hydrogen-bond donors (Lipinski definition) is 0. The number of ether oxygens (including phenoxy) is 2. The molecule has 1 aliphatic heterocycles. The highest BCUT2D eigenvalue weighted by Crippen LogP contribution is 2.34. The zero-order chi connectivity index (χ0) is 19.8. The zero-order valence-electron chi connectivity index (χ0n) is 16.8. The number of benzene rings is 1. The van der Waals surface area contributed by atoms with Crippen molar-refractivity contribution in [1.29, 1.82) is 0 Å². The third-order valence-corrected chi connectivity index (χ3v) is 5.37. The van der Waals surface area contributed by atoms with E-state index in [1.165, 1.54) is 24.8 Å². The molecule has 1 aliphatic carbocycles. The summed E-state index contributed by atoms with van der Waals surface area (Å²) in [5.41, 5.74) is 2.68. The molecule has 1 saturated carbocycles. The van der Waals surface area contributed by atoms with Gasteiger partial charge in [-0.05, 0) is 50.3 Å². The van der Waals surface area contributed by atoms with Crippen LogP contribution in [0.25, 0.3) is 5.76 Å². The summed E-state index contributed by atoms with van der Waals surface area (Å²) in [5.74, 6) is 0.555. The number of allylic oxidation sites excluding steroid dienone is 1. The maximum absolute atomic E-state index is 12.3. The van der Waals surface area contributed by atoms with Gasteiger partial charge in [0.2, 0.25) is 0 Å². The molecule has 0 aromatic heterocycles. The van der Waals surface area contributed by atoms with Crippen LogP contribution in [0.2, 0.25) is 0 Å². The van der Waals surface area contributed by atoms with Gasteiger partial charge in [-0.25, -0.2) is 4.79 Å². The molecule has 0 amide bonds. The SMILES string of the molecule is CCCCCCCC(=O)Oc1cccc(C2=CC(=C3CCCCC3)C(=O)O2)c1. The fourth-order valence-electron chi connectivity index (χ4n) is 3.78. The summed E-state index contributed by atoms with van der Waals surface area (Å²) in [6.45, 7) is 2.17. The number of esters is 2. The number of rotatable bonds is 8. The predicted molar refractivity (Wildman–Crippen MR) is 110 cm³/mol. The Morgan fingerprint density at radius 2 is 1.86 bits per heavy atom. The van der Waals surface area contributed by atoms with Crippen molar-refractivity contribution in [2.45, 2.75) is 77.6 Å². The van der Waals surface area contributed by atoms with Crippen LogP contribution in [0, 0.1) is 0 Å². The topological polar surface area (TPSA) is 52.6 Å². The molecule has 0 saturated heterocycles. The Morgan fingerprint density at radius 3 is 2.64 bits per heavy atom. The third kappa shape index (κ3) is 5.57. The summed E-state index contributed by atoms with van der Waals surface area (Å²) in [7, 11) is 0. The number of unbranched alkanes of at least 4 members (excludes halogenated alkanes) is 4. The molecule has 0 spiro atoms. The first-order valence-electron chi connectivity index (χ1n) is 10.6. The van der Waals surface area contributed by atoms with Gasteiger partial charge in [-0.2, -0.15) is 0 Å². The van der Waals surface area contributed by atoms with Crippen molar-refractivity contribution in [2.75, 3.05) is 0 Å². The van der Waals surface area contributed by atoms with Crippen LogP contribution in [0.4, 0.5) is 0 Å². The Labute approximate surface area is 167 Å². The molecule has 2 aliphatic rings. The highest BCUT2D eigenvalue weighted by Gasteiger charge is 2.26. The van der Waals surface area contributed by atoms with E-state index in [-0.39, 0.29) is 11.9 Å². The van der Waals surface area contributed by atoms with Crippen molar-refractivity contribution >= 4 is 17.7 Å². The smallest absolute Gasteiger partial charge is 0.343 e. The van der Waals surface area contributed by atoms with E-state index in [0.29, 0.717) is 23.5 Å². The van der Waals surface area contributed by atoms with Gasteiger partial charge < -0.3 is 9.47 Å². The Hall–Kier alpha value is -2.36. The first kappa shape index (κ1) is 20.4. The van der Waals surface area contributed by atoms with E-state index in [1.54, 1.807) is 12.1 Å². The van der Waals surface area contributed by atoms with Crippen LogP contribution in [0.3, 0.4) is 0 Å². The van der Waals surface area contributed by atoms with Crippen molar-refractivity contribution < 1.29 is 19.1 Å². The predicted octanol–water partition coefficient (Wildman–Crippen LogP) is 6.11. The molecule has 1 fully saturated rings. The quantitative estimate of drug-likeness (QED) is 0.235. The van der Waals surface area contributed by atoms with Gasteiger partial charge in [0.05, 0.1) is 5.57 Å². The zero-order valence-corrected chi connectivity index (χ0v) is 16.8. The molecule has 4 heteroatoms. The molecule has 1 aromatic carbocycles. The lowest BCUT2D eigenvalue weighted by Crippen LogP contribution is -2.07. The van der Waals surface area contributed by atoms with Crippen LogP contribution in [-0.2, 0) is 14.3 Å². The average Bonchev–Trinajstić information content (AvgIpc) is 3.10. The summed E-state index contributed by atoms with van der Waals surface area (Å²) in [4.78, 5) is 24.4. The Morgan fingerprint density at radius 1 is 1.07 bits per heavy atom. The first-order chi connectivity index (χ1) is 13.7. The van der Waals surface area contributed by atoms with Crippen molar-refractivity contribution in [1.82, 2.24) is 0 Å². The van der Waals surface area contributed by atoms with Gasteiger partial charge in [0.25, 0.3) is 0 Å². The van der Waals surface area contributed by atoms with Crippen LogP contribution in [0.15, 0.2) is 41.5 Å². The Balaban J connectivity index is 1.62. The highest BCUT2D eigenvalue weighted by molar-refractivity contribution is 6.02. The second-order valence-corrected chi connectivity index (χ2v) is 7.64. The molecule has 0 bridgehead atoms. The molecule has 1 aromatic rings. The van der Waals surface area contributed by atoms with Gasteiger partial charge in [0.15, 0.2) is 0 Å². The van der Waals surface area contributed by atoms with Gasteiger partial charge in [0.1, 0.15) is 11.5 Å². The van der Waals surface area contributed by atoms with Crippen molar-refractivity contribution in [2.24, 2.45) is 0 Å². The summed E-state index contributed by atoms with van der Waals surface area (Å²) >= 11 is 0. The van der Waals surface area contributed by atoms with E-state index < -0.39 is 0 Å². The van der Waals surface area contributed by atoms with E-state index in [2.05, 4.69) is 6.92 Å². The van der Waals surface area contributed by atoms with Crippen LogP contribution in [-0.4, -0.2) is 11.9 Å². The van der Waals surface area contributed by atoms with E-state index in [0.717, 1.165) is 50.5 Å². The number of carbonyl (C=O) groups is 2. The first-order valence-corrected chi connectivity index (χ1v) is 10.6. The van der Waals surface area contributed by atoms with Gasteiger partial charge in [-0.1, -0.05) is 56.7 Å². The number of hydrogen-bond acceptors (Lipinski definition) is 4. The van der Waals surface area contributed by atoms with E-state index >= 15 is 0 Å². The Bertz CT molecular complexity index is 765. The van der Waals surface area contributed by atoms with Crippen LogP contribution < -0.4 is 4.74 Å². The lowest BCUT2D eigenvalue weighted by atomic mass is 9.91. The number of carbonyl (C=O) groups excluding carboxylic acids is 2. The normalized spacial score (nSPS) is 16.8. The summed E-state index contributed by atoms with van der Waals surface area (Å²) in [6.07, 6.45) is 13.2. The van der Waals surface area contributed by atoms with Gasteiger partial charge in [-0.3, -0.25) is 4.79 Å². The van der Waals surface area contributed by atoms with Crippen LogP contribution in [0.1, 0.15) is 83.1 Å². The maximum atomic E-state index is 12.3. The maximum Gasteiger partial charge on any atom is 0.343 e. The molecular weight excluding hydrogens is 352 g/mol. The molecule has 150 valence electrons. The van der Waals surface area contributed by atoms with Gasteiger partial charge >= 0.3 is 11.9 Å². The molecule has 0 N–H and O–H groups in total. The van der Waals surface area contributed by atoms with Crippen LogP contribution >= 0.6 is 0 Å². The van der Waals surface area contributed by atoms with Crippen molar-refractivity contribution in [3.8, 4) is 5.75 Å². The van der Waals surface area contributed by atoms with E-state index in [1.807, 2.05) is 18.2 Å². The average molecular weight is 383 g/mol. The fourth-order valence-corrected chi connectivity index (χ4v) is 3.78. The second-order valence-electron chi connectivity index (χ2n) is 7.64. The standard InChI is InChI=1S/C24H30O4/c1-2-3-4-5-9-15-23(25)27-20-14-10-13-19(16-20)22-17-21(24(26)28-22)18-11-7-6-8-12-18/h10,13-14,16-17H,2-9,11-12,15H2,1H3. The molecular formula is C24H30O4. The lowest BCUT2D eigenvalue weighted by molar-refractivity contribution is -0.134. The van der Waals surface area contributed by atoms with E-state index in [4.69, 9.17) is 9.47 Å². The van der Waals surface area contributed by atoms with E-state index in [9.17, 15) is 9.59 Å². The van der Waals surface area contributed by atoms with Gasteiger partial charge in [0, 0.05) is 12.0 Å². The Kier molecular flexibility index (Phi) is 7.46. The highest BCUT2D eigenvalue weighted by atomic mass is 16.5. The minimum Gasteiger partial charge on any atom is -0.427 e. The monoisotopic (exact) mass is 382 g/mol. The summed E-state index contributed by atoms with van der Waals surface area (Å²) < 4.78 is 11.0. The summed E-state index contributed by atoms with van der Waals surface area (Å²) in [6, 6.07) is 7.22. The fraction of sp³-hybridized carbons (Fsp3) is 0.500. The molecule has 0 radical (unpaired) electrons. The molecule has 0 unspecified atom stereocenters. The van der Waals surface area contributed by atoms with Crippen molar-refractivity contribution in [3.63, 3.8) is 0 Å².